The quantitative estimate of drug-likeness (QED) is 0.775. The molecule has 0 radical (unpaired) electrons. The van der Waals surface area contributed by atoms with Crippen molar-refractivity contribution in [2.75, 3.05) is 5.32 Å². The number of hydrogen-bond acceptors (Lipinski definition) is 4. The summed E-state index contributed by atoms with van der Waals surface area (Å²) in [4.78, 5) is 22.3. The second-order valence-corrected chi connectivity index (χ2v) is 5.80. The number of carbonyl (C=O) groups is 2. The van der Waals surface area contributed by atoms with Gasteiger partial charge < -0.3 is 15.8 Å². The average Bonchev–Trinajstić information content (AvgIpc) is 2.94. The minimum atomic E-state index is -0.878. The van der Waals surface area contributed by atoms with Gasteiger partial charge >= 0.3 is 6.03 Å². The van der Waals surface area contributed by atoms with Gasteiger partial charge in [-0.3, -0.25) is 10.1 Å². The predicted molar refractivity (Wildman–Crippen MR) is 85.1 cm³/mol. The lowest BCUT2D eigenvalue weighted by Crippen LogP contribution is -2.43. The van der Waals surface area contributed by atoms with Crippen LogP contribution in [0.1, 0.15) is 32.6 Å². The van der Waals surface area contributed by atoms with Crippen LogP contribution >= 0.6 is 11.6 Å². The number of carbonyl (C=O) groups excluding carboxylic acids is 2. The van der Waals surface area contributed by atoms with Gasteiger partial charge in [0.05, 0.1) is 11.1 Å². The third kappa shape index (κ3) is 4.53. The van der Waals surface area contributed by atoms with E-state index in [0.29, 0.717) is 16.5 Å². The Morgan fingerprint density at radius 2 is 2.05 bits per heavy atom. The molecule has 1 saturated carbocycles. The number of benzene rings is 1. The van der Waals surface area contributed by atoms with Gasteiger partial charge in [0.15, 0.2) is 0 Å². The fourth-order valence-corrected chi connectivity index (χ4v) is 2.64. The highest BCUT2D eigenvalue weighted by Gasteiger charge is 2.18. The van der Waals surface area contributed by atoms with Crippen LogP contribution < -0.4 is 21.1 Å². The number of halogens is 1. The van der Waals surface area contributed by atoms with E-state index in [1.807, 2.05) is 5.32 Å². The Morgan fingerprint density at radius 1 is 1.36 bits per heavy atom. The van der Waals surface area contributed by atoms with E-state index in [0.717, 1.165) is 12.8 Å². The van der Waals surface area contributed by atoms with Gasteiger partial charge in [-0.15, -0.1) is 0 Å². The SMILES string of the molecule is CC(Nc1ccc(OC2CCCC2)c(Cl)c1)C(=O)NC(N)=O. The average molecular weight is 326 g/mol. The van der Waals surface area contributed by atoms with Crippen LogP contribution in [0.15, 0.2) is 18.2 Å². The summed E-state index contributed by atoms with van der Waals surface area (Å²) in [5, 5.41) is 5.45. The van der Waals surface area contributed by atoms with Crippen molar-refractivity contribution in [3.63, 3.8) is 0 Å². The lowest BCUT2D eigenvalue weighted by molar-refractivity contribution is -0.120. The summed E-state index contributed by atoms with van der Waals surface area (Å²) in [6, 6.07) is 3.76. The number of rotatable bonds is 5. The minimum Gasteiger partial charge on any atom is -0.489 e. The summed E-state index contributed by atoms with van der Waals surface area (Å²) < 4.78 is 5.87. The number of primary amides is 1. The molecule has 1 aliphatic rings. The van der Waals surface area contributed by atoms with Gasteiger partial charge in [-0.05, 0) is 50.8 Å². The Hall–Kier alpha value is -1.95. The largest absolute Gasteiger partial charge is 0.489 e. The van der Waals surface area contributed by atoms with Crippen molar-refractivity contribution < 1.29 is 14.3 Å². The van der Waals surface area contributed by atoms with Crippen molar-refractivity contribution in [1.82, 2.24) is 5.32 Å². The van der Waals surface area contributed by atoms with Gasteiger partial charge in [0, 0.05) is 5.69 Å². The van der Waals surface area contributed by atoms with Gasteiger partial charge in [-0.2, -0.15) is 0 Å². The number of imide groups is 1. The monoisotopic (exact) mass is 325 g/mol. The third-order valence-electron chi connectivity index (χ3n) is 3.55. The molecule has 0 saturated heterocycles. The van der Waals surface area contributed by atoms with E-state index in [9.17, 15) is 9.59 Å². The molecule has 0 aliphatic heterocycles. The number of urea groups is 1. The van der Waals surface area contributed by atoms with E-state index in [-0.39, 0.29) is 6.10 Å². The van der Waals surface area contributed by atoms with Crippen LogP contribution in [-0.2, 0) is 4.79 Å². The van der Waals surface area contributed by atoms with Gasteiger partial charge in [0.25, 0.3) is 0 Å². The second-order valence-electron chi connectivity index (χ2n) is 5.39. The number of amides is 3. The zero-order valence-electron chi connectivity index (χ0n) is 12.4. The molecule has 120 valence electrons. The lowest BCUT2D eigenvalue weighted by Gasteiger charge is -2.17. The molecule has 1 unspecified atom stereocenters. The maximum Gasteiger partial charge on any atom is 0.318 e. The summed E-state index contributed by atoms with van der Waals surface area (Å²) in [6.07, 6.45) is 4.72. The summed E-state index contributed by atoms with van der Waals surface area (Å²) in [6.45, 7) is 1.62. The van der Waals surface area contributed by atoms with Crippen molar-refractivity contribution in [3.05, 3.63) is 23.2 Å². The molecule has 3 amide bonds. The Bertz CT molecular complexity index is 559. The molecule has 4 N–H and O–H groups in total. The Balaban J connectivity index is 1.96. The van der Waals surface area contributed by atoms with Gasteiger partial charge in [-0.25, -0.2) is 4.79 Å². The number of nitrogens with one attached hydrogen (secondary N) is 2. The van der Waals surface area contributed by atoms with E-state index in [1.54, 1.807) is 25.1 Å². The van der Waals surface area contributed by atoms with E-state index in [1.165, 1.54) is 12.8 Å². The topological polar surface area (TPSA) is 93.4 Å². The molecule has 1 aromatic carbocycles. The molecule has 6 nitrogen and oxygen atoms in total. The molecule has 0 heterocycles. The Morgan fingerprint density at radius 3 is 2.64 bits per heavy atom. The van der Waals surface area contributed by atoms with Crippen LogP contribution in [0, 0.1) is 0 Å². The molecule has 0 bridgehead atoms. The van der Waals surface area contributed by atoms with Crippen LogP contribution in [0.3, 0.4) is 0 Å². The van der Waals surface area contributed by atoms with E-state index >= 15 is 0 Å². The number of ether oxygens (including phenoxy) is 1. The molecule has 7 heteroatoms. The van der Waals surface area contributed by atoms with E-state index in [2.05, 4.69) is 5.32 Å². The van der Waals surface area contributed by atoms with Crippen molar-refractivity contribution >= 4 is 29.2 Å². The van der Waals surface area contributed by atoms with Crippen LogP contribution in [-0.4, -0.2) is 24.1 Å². The standard InChI is InChI=1S/C15H20ClN3O3/c1-9(14(20)19-15(17)21)18-10-6-7-13(12(16)8-10)22-11-4-2-3-5-11/h6-9,11,18H,2-5H2,1H3,(H3,17,19,20,21). The Kier molecular flexibility index (Phi) is 5.49. The number of nitrogens with two attached hydrogens (primary N) is 1. The highest BCUT2D eigenvalue weighted by atomic mass is 35.5. The molecular formula is C15H20ClN3O3. The van der Waals surface area contributed by atoms with Crippen molar-refractivity contribution in [2.45, 2.75) is 44.8 Å². The van der Waals surface area contributed by atoms with Gasteiger partial charge in [0.2, 0.25) is 5.91 Å². The van der Waals surface area contributed by atoms with Gasteiger partial charge in [-0.1, -0.05) is 11.6 Å². The summed E-state index contributed by atoms with van der Waals surface area (Å²) in [5.74, 6) is 0.142. The van der Waals surface area contributed by atoms with Crippen LogP contribution in [0.25, 0.3) is 0 Å². The lowest BCUT2D eigenvalue weighted by atomic mass is 10.2. The van der Waals surface area contributed by atoms with Gasteiger partial charge in [0.1, 0.15) is 11.8 Å². The van der Waals surface area contributed by atoms with E-state index in [4.69, 9.17) is 22.1 Å². The molecule has 0 spiro atoms. The second kappa shape index (κ2) is 7.35. The summed E-state index contributed by atoms with van der Waals surface area (Å²) in [5.41, 5.74) is 5.57. The molecular weight excluding hydrogens is 306 g/mol. The maximum absolute atomic E-state index is 11.6. The molecule has 22 heavy (non-hydrogen) atoms. The fraction of sp³-hybridized carbons (Fsp3) is 0.467. The predicted octanol–water partition coefficient (Wildman–Crippen LogP) is 2.66. The van der Waals surface area contributed by atoms with Crippen LogP contribution in [0.4, 0.5) is 10.5 Å². The molecule has 1 aliphatic carbocycles. The first-order valence-corrected chi connectivity index (χ1v) is 7.66. The summed E-state index contributed by atoms with van der Waals surface area (Å²) >= 11 is 6.22. The first kappa shape index (κ1) is 16.4. The first-order valence-electron chi connectivity index (χ1n) is 7.28. The van der Waals surface area contributed by atoms with Crippen molar-refractivity contribution in [3.8, 4) is 5.75 Å². The van der Waals surface area contributed by atoms with Crippen LogP contribution in [0.5, 0.6) is 5.75 Å². The highest BCUT2D eigenvalue weighted by Crippen LogP contribution is 2.31. The molecule has 1 aromatic rings. The minimum absolute atomic E-state index is 0.233. The third-order valence-corrected chi connectivity index (χ3v) is 3.85. The molecule has 0 aromatic heterocycles. The first-order chi connectivity index (χ1) is 10.5. The molecule has 1 atom stereocenters. The fourth-order valence-electron chi connectivity index (χ4n) is 2.42. The van der Waals surface area contributed by atoms with Crippen molar-refractivity contribution in [2.24, 2.45) is 5.73 Å². The molecule has 2 rings (SSSR count). The number of hydrogen-bond donors (Lipinski definition) is 3. The zero-order valence-corrected chi connectivity index (χ0v) is 13.2. The highest BCUT2D eigenvalue weighted by molar-refractivity contribution is 6.32. The smallest absolute Gasteiger partial charge is 0.318 e. The van der Waals surface area contributed by atoms with E-state index < -0.39 is 18.0 Å². The maximum atomic E-state index is 11.6. The zero-order chi connectivity index (χ0) is 16.1. The Labute approximate surface area is 134 Å². The van der Waals surface area contributed by atoms with Crippen molar-refractivity contribution in [1.29, 1.82) is 0 Å². The normalized spacial score (nSPS) is 16.1. The summed E-state index contributed by atoms with van der Waals surface area (Å²) in [7, 11) is 0. The molecule has 1 fully saturated rings. The number of anilines is 1. The van der Waals surface area contributed by atoms with Crippen LogP contribution in [0.2, 0.25) is 5.02 Å².